The van der Waals surface area contributed by atoms with Crippen molar-refractivity contribution in [2.45, 2.75) is 44.0 Å². The third kappa shape index (κ3) is 16.1. The maximum atomic E-state index is 12.1. The molecule has 0 aliphatic rings. The van der Waals surface area contributed by atoms with Crippen LogP contribution in [0.1, 0.15) is 57.0 Å². The number of alkyl halides is 7. The molecule has 0 aliphatic heterocycles. The number of esters is 2. The van der Waals surface area contributed by atoms with Crippen LogP contribution >= 0.6 is 15.9 Å². The van der Waals surface area contributed by atoms with Crippen LogP contribution in [0, 0.1) is 22.7 Å². The number of nitrogens with zero attached hydrogens (tertiary/aromatic N) is 2. The molecule has 0 aromatic heterocycles. The Morgan fingerprint density at radius 3 is 1.56 bits per heavy atom. The molecular weight excluding hydrogens is 598 g/mol. The fraction of sp³-hybridized carbons (Fsp3) is 0.385. The lowest BCUT2D eigenvalue weighted by Crippen LogP contribution is -2.09. The van der Waals surface area contributed by atoms with Gasteiger partial charge in [0.2, 0.25) is 0 Å². The van der Waals surface area contributed by atoms with Gasteiger partial charge in [0, 0.05) is 11.8 Å². The van der Waals surface area contributed by atoms with Crippen LogP contribution in [-0.2, 0) is 15.9 Å². The number of carbonyl (C=O) groups is 2. The zero-order valence-electron chi connectivity index (χ0n) is 20.9. The van der Waals surface area contributed by atoms with Gasteiger partial charge in [0.05, 0.1) is 56.2 Å². The lowest BCUT2D eigenvalue weighted by atomic mass is 9.95. The average molecular weight is 623 g/mol. The number of benzene rings is 2. The van der Waals surface area contributed by atoms with Crippen LogP contribution < -0.4 is 0 Å². The summed E-state index contributed by atoms with van der Waals surface area (Å²) in [5.74, 6) is -1.73. The fourth-order valence-electron chi connectivity index (χ4n) is 2.66. The van der Waals surface area contributed by atoms with E-state index in [-0.39, 0.29) is 17.7 Å². The van der Waals surface area contributed by atoms with Crippen LogP contribution in [0.4, 0.5) is 26.3 Å². The number of carbonyl (C=O) groups excluding carboxylic acids is 2. The molecule has 39 heavy (non-hydrogen) atoms. The van der Waals surface area contributed by atoms with E-state index in [0.29, 0.717) is 23.1 Å². The molecule has 0 heterocycles. The van der Waals surface area contributed by atoms with Gasteiger partial charge in [-0.2, -0.15) is 36.9 Å². The number of hydrogen-bond acceptors (Lipinski definition) is 6. The summed E-state index contributed by atoms with van der Waals surface area (Å²) in [4.78, 5) is 22.2. The second kappa shape index (κ2) is 17.8. The van der Waals surface area contributed by atoms with E-state index in [4.69, 9.17) is 10.5 Å². The van der Waals surface area contributed by atoms with Crippen LogP contribution in [0.2, 0.25) is 0 Å². The van der Waals surface area contributed by atoms with Crippen molar-refractivity contribution in [3.8, 4) is 12.1 Å². The number of rotatable bonds is 7. The highest BCUT2D eigenvalue weighted by Crippen LogP contribution is 2.28. The first-order chi connectivity index (χ1) is 18.2. The lowest BCUT2D eigenvalue weighted by molar-refractivity contribution is -0.135. The summed E-state index contributed by atoms with van der Waals surface area (Å²) >= 11 is 2.67. The number of methoxy groups -OCH3 is 2. The largest absolute Gasteiger partial charge is 0.465 e. The van der Waals surface area contributed by atoms with Crippen LogP contribution in [0.15, 0.2) is 48.5 Å². The third-order valence-corrected chi connectivity index (χ3v) is 5.04. The van der Waals surface area contributed by atoms with Gasteiger partial charge in [-0.05, 0) is 41.8 Å². The topological polar surface area (TPSA) is 100 Å². The predicted octanol–water partition coefficient (Wildman–Crippen LogP) is 7.30. The summed E-state index contributed by atoms with van der Waals surface area (Å²) in [5, 5.41) is 17.3. The Hall–Kier alpha value is -3.58. The molecule has 0 spiro atoms. The van der Waals surface area contributed by atoms with Crippen molar-refractivity contribution in [2.75, 3.05) is 19.5 Å². The molecule has 2 aromatic carbocycles. The van der Waals surface area contributed by atoms with Gasteiger partial charge in [0.25, 0.3) is 0 Å². The molecule has 2 rings (SSSR count). The second-order valence-corrected chi connectivity index (χ2v) is 8.32. The molecule has 0 amide bonds. The SMILES string of the molecule is COC(=O)c1ccc(C(C#N)CCC(F)(F)F)cc1.COC(=O)c1ccc(CC#N)cc1.FC(F)(F)CCBr. The molecule has 0 fully saturated rings. The molecule has 0 radical (unpaired) electrons. The van der Waals surface area contributed by atoms with E-state index < -0.39 is 37.1 Å². The van der Waals surface area contributed by atoms with Gasteiger partial charge >= 0.3 is 24.3 Å². The highest BCUT2D eigenvalue weighted by molar-refractivity contribution is 9.09. The molecule has 0 N–H and O–H groups in total. The molecule has 1 atom stereocenters. The molecule has 2 aromatic rings. The molecule has 6 nitrogen and oxygen atoms in total. The number of nitriles is 2. The molecule has 0 saturated carbocycles. The van der Waals surface area contributed by atoms with E-state index in [1.54, 1.807) is 24.3 Å². The summed E-state index contributed by atoms with van der Waals surface area (Å²) in [7, 11) is 2.57. The first-order valence-electron chi connectivity index (χ1n) is 11.0. The number of ether oxygens (including phenoxy) is 2. The summed E-state index contributed by atoms with van der Waals surface area (Å²) in [6.45, 7) is 0. The smallest absolute Gasteiger partial charge is 0.389 e. The van der Waals surface area contributed by atoms with Gasteiger partial charge in [-0.15, -0.1) is 0 Å². The van der Waals surface area contributed by atoms with Crippen molar-refractivity contribution in [1.82, 2.24) is 0 Å². The minimum absolute atomic E-state index is 0.00347. The quantitative estimate of drug-likeness (QED) is 0.182. The maximum Gasteiger partial charge on any atom is 0.389 e. The maximum absolute atomic E-state index is 12.1. The average Bonchev–Trinajstić information content (AvgIpc) is 2.88. The predicted molar refractivity (Wildman–Crippen MR) is 133 cm³/mol. The summed E-state index contributed by atoms with van der Waals surface area (Å²) < 4.78 is 78.5. The Morgan fingerprint density at radius 2 is 1.26 bits per heavy atom. The number of halogens is 7. The van der Waals surface area contributed by atoms with Gasteiger partial charge in [0.15, 0.2) is 0 Å². The van der Waals surface area contributed by atoms with Crippen LogP contribution in [-0.4, -0.2) is 43.8 Å². The Labute approximate surface area is 230 Å². The molecule has 0 bridgehead atoms. The molecule has 212 valence electrons. The van der Waals surface area contributed by atoms with E-state index in [2.05, 4.69) is 25.4 Å². The van der Waals surface area contributed by atoms with E-state index in [0.717, 1.165) is 5.56 Å². The lowest BCUT2D eigenvalue weighted by Gasteiger charge is -2.11. The van der Waals surface area contributed by atoms with Crippen molar-refractivity contribution in [3.63, 3.8) is 0 Å². The Bertz CT molecular complexity index is 1110. The highest BCUT2D eigenvalue weighted by atomic mass is 79.9. The molecule has 0 aliphatic carbocycles. The van der Waals surface area contributed by atoms with Crippen molar-refractivity contribution in [2.24, 2.45) is 0 Å². The minimum atomic E-state index is -4.28. The zero-order chi connectivity index (χ0) is 30.1. The second-order valence-electron chi connectivity index (χ2n) is 7.53. The summed E-state index contributed by atoms with van der Waals surface area (Å²) in [5.41, 5.74) is 2.15. The van der Waals surface area contributed by atoms with Crippen molar-refractivity contribution in [3.05, 3.63) is 70.8 Å². The summed E-state index contributed by atoms with van der Waals surface area (Å²) in [6, 6.07) is 16.5. The van der Waals surface area contributed by atoms with E-state index >= 15 is 0 Å². The molecule has 0 saturated heterocycles. The monoisotopic (exact) mass is 622 g/mol. The van der Waals surface area contributed by atoms with E-state index in [9.17, 15) is 35.9 Å². The fourth-order valence-corrected chi connectivity index (χ4v) is 3.11. The van der Waals surface area contributed by atoms with Gasteiger partial charge < -0.3 is 9.47 Å². The van der Waals surface area contributed by atoms with Gasteiger partial charge in [0.1, 0.15) is 0 Å². The zero-order valence-corrected chi connectivity index (χ0v) is 22.5. The normalized spacial score (nSPS) is 11.3. The van der Waals surface area contributed by atoms with Crippen molar-refractivity contribution < 1.29 is 45.4 Å². The van der Waals surface area contributed by atoms with Gasteiger partial charge in [-0.1, -0.05) is 40.2 Å². The Kier molecular flexibility index (Phi) is 16.2. The first-order valence-corrected chi connectivity index (χ1v) is 12.1. The Morgan fingerprint density at radius 1 is 0.821 bits per heavy atom. The molecule has 1 unspecified atom stereocenters. The highest BCUT2D eigenvalue weighted by Gasteiger charge is 2.29. The Balaban J connectivity index is 0.000000622. The third-order valence-electron chi connectivity index (χ3n) is 4.64. The van der Waals surface area contributed by atoms with Gasteiger partial charge in [-0.25, -0.2) is 9.59 Å². The number of hydrogen-bond donors (Lipinski definition) is 0. The summed E-state index contributed by atoms with van der Waals surface area (Å²) in [6.07, 6.45) is -9.96. The van der Waals surface area contributed by atoms with Gasteiger partial charge in [-0.3, -0.25) is 0 Å². The van der Waals surface area contributed by atoms with Crippen LogP contribution in [0.5, 0.6) is 0 Å². The first kappa shape index (κ1) is 35.4. The minimum Gasteiger partial charge on any atom is -0.465 e. The molecule has 13 heteroatoms. The van der Waals surface area contributed by atoms with Crippen molar-refractivity contribution >= 4 is 27.9 Å². The van der Waals surface area contributed by atoms with E-state index in [1.165, 1.54) is 38.5 Å². The van der Waals surface area contributed by atoms with Crippen LogP contribution in [0.3, 0.4) is 0 Å². The standard InChI is InChI=1S/C13H12F3NO2.C10H9NO2.C3H4BrF3/c1-19-12(18)10-4-2-9(3-5-10)11(8-17)6-7-13(14,15)16;1-13-10(12)9-4-2-8(3-5-9)6-7-11;4-2-1-3(5,6)7/h2-5,11H,6-7H2,1H3;2-5H,6H2,1H3;1-2H2. The van der Waals surface area contributed by atoms with Crippen molar-refractivity contribution in [1.29, 1.82) is 10.5 Å². The van der Waals surface area contributed by atoms with Crippen LogP contribution in [0.25, 0.3) is 0 Å². The molecular formula is C26H25BrF6N2O4. The van der Waals surface area contributed by atoms with E-state index in [1.807, 2.05) is 12.1 Å².